The fourth-order valence-corrected chi connectivity index (χ4v) is 4.69. The van der Waals surface area contributed by atoms with E-state index in [0.717, 1.165) is 17.7 Å². The molecule has 0 spiro atoms. The first-order valence-corrected chi connectivity index (χ1v) is 12.5. The average molecular weight is 540 g/mol. The molecule has 2 N–H and O–H groups in total. The van der Waals surface area contributed by atoms with Gasteiger partial charge in [-0.3, -0.25) is 0 Å². The third-order valence-corrected chi connectivity index (χ3v) is 6.47. The number of benzene rings is 3. The van der Waals surface area contributed by atoms with Crippen LogP contribution < -0.4 is 20.8 Å². The second kappa shape index (κ2) is 10.1. The summed E-state index contributed by atoms with van der Waals surface area (Å²) >= 11 is 0. The molecule has 9 nitrogen and oxygen atoms in total. The van der Waals surface area contributed by atoms with Gasteiger partial charge in [-0.05, 0) is 42.8 Å². The van der Waals surface area contributed by atoms with Crippen LogP contribution in [0.15, 0.2) is 93.5 Å². The van der Waals surface area contributed by atoms with Gasteiger partial charge in [-0.15, -0.1) is 0 Å². The van der Waals surface area contributed by atoms with Gasteiger partial charge in [-0.1, -0.05) is 42.5 Å². The minimum Gasteiger partial charge on any atom is -0.472 e. The molecule has 0 bridgehead atoms. The van der Waals surface area contributed by atoms with Gasteiger partial charge >= 0.3 is 11.6 Å². The second-order valence-corrected chi connectivity index (χ2v) is 8.98. The van der Waals surface area contributed by atoms with E-state index < -0.39 is 23.3 Å². The molecular weight excluding hydrogens is 517 g/mol. The maximum atomic E-state index is 14.2. The number of ether oxygens (including phenoxy) is 3. The lowest BCUT2D eigenvalue weighted by atomic mass is 9.88. The number of halogens is 1. The second-order valence-electron chi connectivity index (χ2n) is 8.98. The number of carbonyl (C=O) groups excluding carboxylic acids is 1. The van der Waals surface area contributed by atoms with Gasteiger partial charge in [0.15, 0.2) is 5.75 Å². The van der Waals surface area contributed by atoms with E-state index >= 15 is 0 Å². The summed E-state index contributed by atoms with van der Waals surface area (Å²) in [5.41, 5.74) is 6.65. The van der Waals surface area contributed by atoms with Crippen LogP contribution in [0.2, 0.25) is 0 Å². The van der Waals surface area contributed by atoms with Crippen molar-refractivity contribution in [3.05, 3.63) is 117 Å². The highest BCUT2D eigenvalue weighted by molar-refractivity contribution is 5.95. The predicted octanol–water partition coefficient (Wildman–Crippen LogP) is 4.71. The number of rotatable bonds is 6. The molecule has 40 heavy (non-hydrogen) atoms. The Morgan fingerprint density at radius 1 is 1.02 bits per heavy atom. The molecule has 3 heterocycles. The molecule has 1 aliphatic rings. The van der Waals surface area contributed by atoms with Crippen LogP contribution in [-0.2, 0) is 16.1 Å². The number of hydrogen-bond donors (Lipinski definition) is 1. The normalized spacial score (nSPS) is 14.6. The highest BCUT2D eigenvalue weighted by atomic mass is 19.1. The van der Waals surface area contributed by atoms with E-state index in [4.69, 9.17) is 24.4 Å². The Morgan fingerprint density at radius 3 is 2.60 bits per heavy atom. The first kappa shape index (κ1) is 25.1. The van der Waals surface area contributed by atoms with Crippen molar-refractivity contribution in [1.29, 1.82) is 0 Å². The quantitative estimate of drug-likeness (QED) is 0.241. The largest absolute Gasteiger partial charge is 0.472 e. The monoisotopic (exact) mass is 539 g/mol. The third-order valence-electron chi connectivity index (χ3n) is 6.47. The highest BCUT2D eigenvalue weighted by Crippen LogP contribution is 2.44. The molecule has 0 radical (unpaired) electrons. The summed E-state index contributed by atoms with van der Waals surface area (Å²) < 4.78 is 36.9. The van der Waals surface area contributed by atoms with Gasteiger partial charge < -0.3 is 24.4 Å². The molecule has 0 amide bonds. The Bertz CT molecular complexity index is 1870. The molecule has 10 heteroatoms. The average Bonchev–Trinajstić information content (AvgIpc) is 2.96. The molecule has 0 saturated heterocycles. The predicted molar refractivity (Wildman–Crippen MR) is 143 cm³/mol. The Kier molecular flexibility index (Phi) is 6.35. The lowest BCUT2D eigenvalue weighted by molar-refractivity contribution is -0.139. The van der Waals surface area contributed by atoms with Crippen molar-refractivity contribution in [3.8, 4) is 11.6 Å². The van der Waals surface area contributed by atoms with Gasteiger partial charge in [0, 0.05) is 0 Å². The number of nitrogens with zero attached hydrogens (tertiary/aromatic N) is 2. The van der Waals surface area contributed by atoms with Crippen molar-refractivity contribution < 1.29 is 27.8 Å². The Hall–Kier alpha value is -5.25. The molecular formula is C30H22FN3O6. The molecule has 200 valence electrons. The van der Waals surface area contributed by atoms with E-state index in [-0.39, 0.29) is 58.7 Å². The SMILES string of the molecule is CCOC(=O)C1=C(N)Oc2c(c(=O)oc3ccc(F)cc23)C1c1nc(OCc2ccccc2)c2ccccc2n1. The van der Waals surface area contributed by atoms with Crippen LogP contribution in [0.25, 0.3) is 21.9 Å². The van der Waals surface area contributed by atoms with Crippen molar-refractivity contribution in [2.75, 3.05) is 6.61 Å². The number of para-hydroxylation sites is 1. The summed E-state index contributed by atoms with van der Waals surface area (Å²) in [6, 6.07) is 20.3. The molecule has 2 aromatic heterocycles. The van der Waals surface area contributed by atoms with Crippen molar-refractivity contribution in [3.63, 3.8) is 0 Å². The maximum absolute atomic E-state index is 14.2. The van der Waals surface area contributed by atoms with Crippen LogP contribution in [0, 0.1) is 5.82 Å². The summed E-state index contributed by atoms with van der Waals surface area (Å²) in [6.45, 7) is 1.88. The zero-order valence-electron chi connectivity index (χ0n) is 21.2. The van der Waals surface area contributed by atoms with Gasteiger partial charge in [-0.25, -0.2) is 19.0 Å². The van der Waals surface area contributed by atoms with Crippen LogP contribution in [0.3, 0.4) is 0 Å². The molecule has 3 aromatic carbocycles. The van der Waals surface area contributed by atoms with Crippen molar-refractivity contribution in [2.45, 2.75) is 19.4 Å². The molecule has 0 saturated carbocycles. The zero-order chi connectivity index (χ0) is 27.8. The van der Waals surface area contributed by atoms with Gasteiger partial charge in [0.2, 0.25) is 11.8 Å². The number of hydrogen-bond acceptors (Lipinski definition) is 9. The number of nitrogens with two attached hydrogens (primary N) is 1. The summed E-state index contributed by atoms with van der Waals surface area (Å²) in [4.78, 5) is 35.9. The molecule has 1 atom stereocenters. The fraction of sp³-hybridized carbons (Fsp3) is 0.133. The summed E-state index contributed by atoms with van der Waals surface area (Å²) in [6.07, 6.45) is 0. The third kappa shape index (κ3) is 4.39. The van der Waals surface area contributed by atoms with E-state index in [1.165, 1.54) is 6.07 Å². The highest BCUT2D eigenvalue weighted by Gasteiger charge is 2.41. The maximum Gasteiger partial charge on any atom is 0.344 e. The smallest absolute Gasteiger partial charge is 0.344 e. The minimum absolute atomic E-state index is 0.0281. The van der Waals surface area contributed by atoms with E-state index in [2.05, 4.69) is 9.97 Å². The van der Waals surface area contributed by atoms with E-state index in [1.54, 1.807) is 25.1 Å². The Labute approximate surface area is 226 Å². The standard InChI is InChI=1S/C30H22FN3O6/c1-2-37-29(35)24-22(23-25(40-26(24)32)19-14-17(31)12-13-21(19)39-30(23)36)27-33-20-11-7-6-10-18(20)28(34-27)38-15-16-8-4-3-5-9-16/h3-14,22H,2,15,32H2,1H3. The van der Waals surface area contributed by atoms with Crippen LogP contribution in [0.5, 0.6) is 11.6 Å². The van der Waals surface area contributed by atoms with Crippen molar-refractivity contribution in [2.24, 2.45) is 5.73 Å². The lowest BCUT2D eigenvalue weighted by Crippen LogP contribution is -2.32. The van der Waals surface area contributed by atoms with Crippen LogP contribution in [-0.4, -0.2) is 22.5 Å². The minimum atomic E-state index is -1.25. The molecule has 5 aromatic rings. The number of esters is 1. The first-order valence-electron chi connectivity index (χ1n) is 12.5. The van der Waals surface area contributed by atoms with Gasteiger partial charge in [-0.2, -0.15) is 4.98 Å². The summed E-state index contributed by atoms with van der Waals surface area (Å²) in [7, 11) is 0. The molecule has 6 rings (SSSR count). The van der Waals surface area contributed by atoms with Crippen LogP contribution in [0.4, 0.5) is 4.39 Å². The van der Waals surface area contributed by atoms with Crippen LogP contribution in [0.1, 0.15) is 29.8 Å². The van der Waals surface area contributed by atoms with Crippen molar-refractivity contribution in [1.82, 2.24) is 9.97 Å². The van der Waals surface area contributed by atoms with Gasteiger partial charge in [0.25, 0.3) is 0 Å². The van der Waals surface area contributed by atoms with E-state index in [0.29, 0.717) is 10.9 Å². The Morgan fingerprint density at radius 2 is 1.80 bits per heavy atom. The molecule has 1 aliphatic heterocycles. The van der Waals surface area contributed by atoms with Crippen molar-refractivity contribution >= 4 is 27.8 Å². The van der Waals surface area contributed by atoms with E-state index in [9.17, 15) is 14.0 Å². The van der Waals surface area contributed by atoms with Crippen LogP contribution >= 0.6 is 0 Å². The Balaban J connectivity index is 1.59. The number of fused-ring (bicyclic) bond motifs is 4. The van der Waals surface area contributed by atoms with Gasteiger partial charge in [0.1, 0.15) is 29.4 Å². The van der Waals surface area contributed by atoms with Gasteiger partial charge in [0.05, 0.1) is 34.4 Å². The van der Waals surface area contributed by atoms with E-state index in [1.807, 2.05) is 36.4 Å². The first-order chi connectivity index (χ1) is 19.4. The molecule has 0 fully saturated rings. The molecule has 1 unspecified atom stereocenters. The number of aromatic nitrogens is 2. The lowest BCUT2D eigenvalue weighted by Gasteiger charge is -2.27. The number of carbonyl (C=O) groups is 1. The molecule has 0 aliphatic carbocycles. The summed E-state index contributed by atoms with van der Waals surface area (Å²) in [5.74, 6) is -2.77. The zero-order valence-corrected chi connectivity index (χ0v) is 21.2. The topological polar surface area (TPSA) is 127 Å². The fourth-order valence-electron chi connectivity index (χ4n) is 4.69. The summed E-state index contributed by atoms with van der Waals surface area (Å²) in [5, 5.41) is 0.781.